The Balaban J connectivity index is 1.73. The number of fused-ring (bicyclic) bond motifs is 4. The first kappa shape index (κ1) is 18.1. The Labute approximate surface area is 174 Å². The van der Waals surface area contributed by atoms with Crippen LogP contribution in [0, 0.1) is 12.3 Å². The van der Waals surface area contributed by atoms with Crippen LogP contribution in [0.3, 0.4) is 0 Å². The SMILES string of the molecule is C#CCn1c(=NC(=O)c2cc(=O)c3ccccc3o2)sc2c3ccccc3ccc21. The van der Waals surface area contributed by atoms with E-state index in [2.05, 4.69) is 10.9 Å². The summed E-state index contributed by atoms with van der Waals surface area (Å²) in [5.41, 5.74) is 0.972. The number of hydrogen-bond acceptors (Lipinski definition) is 4. The quantitative estimate of drug-likeness (QED) is 0.407. The molecular weight excluding hydrogens is 396 g/mol. The molecule has 6 heteroatoms. The molecule has 0 aliphatic rings. The number of nitrogens with zero attached hydrogens (tertiary/aromatic N) is 2. The van der Waals surface area contributed by atoms with Crippen LogP contribution in [0.2, 0.25) is 0 Å². The maximum Gasteiger partial charge on any atom is 0.315 e. The van der Waals surface area contributed by atoms with Crippen LogP contribution in [-0.2, 0) is 6.54 Å². The number of benzene rings is 3. The van der Waals surface area contributed by atoms with Gasteiger partial charge in [-0.3, -0.25) is 9.59 Å². The Kier molecular flexibility index (Phi) is 4.31. The van der Waals surface area contributed by atoms with Gasteiger partial charge in [0.15, 0.2) is 16.0 Å². The summed E-state index contributed by atoms with van der Waals surface area (Å²) in [7, 11) is 0. The van der Waals surface area contributed by atoms with Crippen LogP contribution in [0.25, 0.3) is 32.0 Å². The second-order valence-electron chi connectivity index (χ2n) is 6.70. The van der Waals surface area contributed by atoms with E-state index in [4.69, 9.17) is 10.8 Å². The topological polar surface area (TPSA) is 64.6 Å². The molecule has 5 rings (SSSR count). The Bertz CT molecular complexity index is 1630. The van der Waals surface area contributed by atoms with Crippen LogP contribution in [-0.4, -0.2) is 10.5 Å². The van der Waals surface area contributed by atoms with Crippen LogP contribution >= 0.6 is 11.3 Å². The normalized spacial score (nSPS) is 11.9. The number of terminal acetylenes is 1. The maximum absolute atomic E-state index is 12.8. The number of hydrogen-bond donors (Lipinski definition) is 0. The van der Waals surface area contributed by atoms with E-state index in [1.165, 1.54) is 17.4 Å². The molecule has 144 valence electrons. The van der Waals surface area contributed by atoms with E-state index in [-0.39, 0.29) is 17.7 Å². The summed E-state index contributed by atoms with van der Waals surface area (Å²) in [4.78, 5) is 29.9. The summed E-state index contributed by atoms with van der Waals surface area (Å²) in [6, 6.07) is 20.0. The minimum absolute atomic E-state index is 0.103. The molecule has 0 aliphatic heterocycles. The van der Waals surface area contributed by atoms with Crippen LogP contribution in [0.1, 0.15) is 10.6 Å². The molecule has 0 unspecified atom stereocenters. The third kappa shape index (κ3) is 2.93. The number of carbonyl (C=O) groups is 1. The molecule has 0 saturated heterocycles. The molecule has 30 heavy (non-hydrogen) atoms. The number of para-hydroxylation sites is 1. The predicted molar refractivity (Wildman–Crippen MR) is 119 cm³/mol. The number of amides is 1. The van der Waals surface area contributed by atoms with Crippen LogP contribution in [0.15, 0.2) is 80.9 Å². The Morgan fingerprint density at radius 2 is 1.83 bits per heavy atom. The molecule has 0 atom stereocenters. The summed E-state index contributed by atoms with van der Waals surface area (Å²) in [5.74, 6) is 1.89. The molecule has 0 spiro atoms. The molecule has 0 aliphatic carbocycles. The van der Waals surface area contributed by atoms with Gasteiger partial charge < -0.3 is 8.98 Å². The monoisotopic (exact) mass is 410 g/mol. The third-order valence-corrected chi connectivity index (χ3v) is 5.99. The zero-order valence-electron chi connectivity index (χ0n) is 15.7. The van der Waals surface area contributed by atoms with Crippen molar-refractivity contribution in [1.82, 2.24) is 4.57 Å². The van der Waals surface area contributed by atoms with Crippen molar-refractivity contribution in [2.75, 3.05) is 0 Å². The summed E-state index contributed by atoms with van der Waals surface area (Å²) >= 11 is 1.38. The second kappa shape index (κ2) is 7.14. The summed E-state index contributed by atoms with van der Waals surface area (Å²) in [6.07, 6.45) is 5.56. The van der Waals surface area contributed by atoms with E-state index in [0.717, 1.165) is 21.0 Å². The van der Waals surface area contributed by atoms with Gasteiger partial charge in [0, 0.05) is 11.5 Å². The molecular formula is C24H14N2O3S. The van der Waals surface area contributed by atoms with Crippen molar-refractivity contribution in [3.05, 3.63) is 87.5 Å². The fraction of sp³-hybridized carbons (Fsp3) is 0.0417. The highest BCUT2D eigenvalue weighted by Gasteiger charge is 2.14. The van der Waals surface area contributed by atoms with Gasteiger partial charge in [0.25, 0.3) is 0 Å². The number of rotatable bonds is 2. The van der Waals surface area contributed by atoms with E-state index >= 15 is 0 Å². The van der Waals surface area contributed by atoms with Crippen molar-refractivity contribution >= 4 is 49.2 Å². The third-order valence-electron chi connectivity index (χ3n) is 4.87. The molecule has 0 bridgehead atoms. The number of carbonyl (C=O) groups excluding carboxylic acids is 1. The number of aromatic nitrogens is 1. The minimum atomic E-state index is -0.625. The predicted octanol–water partition coefficient (Wildman–Crippen LogP) is 4.34. The van der Waals surface area contributed by atoms with Crippen molar-refractivity contribution in [3.63, 3.8) is 0 Å². The molecule has 2 aromatic heterocycles. The molecule has 0 saturated carbocycles. The van der Waals surface area contributed by atoms with Gasteiger partial charge >= 0.3 is 5.91 Å². The molecule has 5 nitrogen and oxygen atoms in total. The Morgan fingerprint density at radius 3 is 2.67 bits per heavy atom. The van der Waals surface area contributed by atoms with E-state index in [0.29, 0.717) is 15.8 Å². The Hall–Kier alpha value is -3.95. The van der Waals surface area contributed by atoms with Gasteiger partial charge in [-0.25, -0.2) is 0 Å². The van der Waals surface area contributed by atoms with Crippen molar-refractivity contribution in [1.29, 1.82) is 0 Å². The average molecular weight is 410 g/mol. The smallest absolute Gasteiger partial charge is 0.315 e. The van der Waals surface area contributed by atoms with Gasteiger partial charge in [-0.05, 0) is 23.6 Å². The maximum atomic E-state index is 12.8. The lowest BCUT2D eigenvalue weighted by molar-refractivity contribution is 0.0972. The summed E-state index contributed by atoms with van der Waals surface area (Å²) < 4.78 is 8.45. The van der Waals surface area contributed by atoms with E-state index in [1.807, 2.05) is 41.0 Å². The van der Waals surface area contributed by atoms with Gasteiger partial charge in [0.1, 0.15) is 5.58 Å². The van der Waals surface area contributed by atoms with E-state index in [1.54, 1.807) is 24.3 Å². The van der Waals surface area contributed by atoms with E-state index in [9.17, 15) is 9.59 Å². The molecule has 5 aromatic rings. The van der Waals surface area contributed by atoms with Crippen LogP contribution in [0.5, 0.6) is 0 Å². The molecule has 0 fully saturated rings. The van der Waals surface area contributed by atoms with E-state index < -0.39 is 5.91 Å². The first-order chi connectivity index (χ1) is 14.7. The van der Waals surface area contributed by atoms with Gasteiger partial charge in [0.2, 0.25) is 0 Å². The van der Waals surface area contributed by atoms with Crippen molar-refractivity contribution < 1.29 is 9.21 Å². The van der Waals surface area contributed by atoms with Crippen LogP contribution < -0.4 is 10.2 Å². The van der Waals surface area contributed by atoms with Crippen molar-refractivity contribution in [2.24, 2.45) is 4.99 Å². The molecule has 2 heterocycles. The van der Waals surface area contributed by atoms with Crippen LogP contribution in [0.4, 0.5) is 0 Å². The molecule has 0 N–H and O–H groups in total. The minimum Gasteiger partial charge on any atom is -0.451 e. The van der Waals surface area contributed by atoms with Gasteiger partial charge in [-0.2, -0.15) is 4.99 Å². The highest BCUT2D eigenvalue weighted by Crippen LogP contribution is 2.27. The molecule has 1 amide bonds. The first-order valence-corrected chi connectivity index (χ1v) is 10.0. The summed E-state index contributed by atoms with van der Waals surface area (Å²) in [6.45, 7) is 0.270. The lowest BCUT2D eigenvalue weighted by Crippen LogP contribution is -2.17. The van der Waals surface area contributed by atoms with Gasteiger partial charge in [0.05, 0.1) is 22.1 Å². The largest absolute Gasteiger partial charge is 0.451 e. The van der Waals surface area contributed by atoms with Gasteiger partial charge in [-0.1, -0.05) is 59.7 Å². The highest BCUT2D eigenvalue weighted by molar-refractivity contribution is 7.17. The zero-order valence-corrected chi connectivity index (χ0v) is 16.5. The molecule has 0 radical (unpaired) electrons. The van der Waals surface area contributed by atoms with Crippen molar-refractivity contribution in [2.45, 2.75) is 6.54 Å². The number of thiazole rings is 1. The van der Waals surface area contributed by atoms with Gasteiger partial charge in [-0.15, -0.1) is 6.42 Å². The fourth-order valence-corrected chi connectivity index (χ4v) is 4.64. The first-order valence-electron chi connectivity index (χ1n) is 9.22. The Morgan fingerprint density at radius 1 is 1.07 bits per heavy atom. The zero-order chi connectivity index (χ0) is 20.7. The summed E-state index contributed by atoms with van der Waals surface area (Å²) in [5, 5.41) is 2.58. The standard InChI is InChI=1S/C24H14N2O3S/c1-2-13-26-18-12-11-15-7-3-4-8-16(15)22(18)30-24(26)25-23(28)21-14-19(27)17-9-5-6-10-20(17)29-21/h1,3-12,14H,13H2. The lowest BCUT2D eigenvalue weighted by atomic mass is 10.1. The van der Waals surface area contributed by atoms with Crippen molar-refractivity contribution in [3.8, 4) is 12.3 Å². The fourth-order valence-electron chi connectivity index (χ4n) is 3.48. The average Bonchev–Trinajstić information content (AvgIpc) is 3.11. The molecule has 3 aromatic carbocycles. The lowest BCUT2D eigenvalue weighted by Gasteiger charge is -2.02. The highest BCUT2D eigenvalue weighted by atomic mass is 32.1. The second-order valence-corrected chi connectivity index (χ2v) is 7.68.